The Hall–Kier alpha value is -14.6. The van der Waals surface area contributed by atoms with E-state index in [2.05, 4.69) is 459 Å². The quantitative estimate of drug-likeness (QED) is 0.107. The molecule has 0 aliphatic rings. The van der Waals surface area contributed by atoms with Crippen LogP contribution in [0.25, 0.3) is 154 Å². The normalized spacial score (nSPS) is 11.5. The van der Waals surface area contributed by atoms with E-state index in [0.29, 0.717) is 0 Å². The van der Waals surface area contributed by atoms with Crippen molar-refractivity contribution in [3.05, 3.63) is 435 Å². The highest BCUT2D eigenvalue weighted by Gasteiger charge is 2.24. The van der Waals surface area contributed by atoms with Gasteiger partial charge < -0.3 is 18.9 Å². The Kier molecular flexibility index (Phi) is 17.5. The van der Waals surface area contributed by atoms with Crippen molar-refractivity contribution in [3.8, 4) is 67.0 Å². The van der Waals surface area contributed by atoms with Crippen molar-refractivity contribution < 1.29 is 0 Å². The molecule has 0 radical (unpaired) electrons. The van der Waals surface area contributed by atoms with Gasteiger partial charge in [0.1, 0.15) is 0 Å². The topological polar surface area (TPSA) is 16.3 Å². The van der Waals surface area contributed by atoms with Crippen LogP contribution in [0.15, 0.2) is 413 Å². The van der Waals surface area contributed by atoms with Crippen LogP contribution < -0.4 is 9.80 Å². The van der Waals surface area contributed by atoms with Crippen molar-refractivity contribution in [2.75, 3.05) is 9.80 Å². The molecule has 0 bridgehead atoms. The lowest BCUT2D eigenvalue weighted by atomic mass is 9.84. The number of para-hydroxylation sites is 3. The molecule has 2 aromatic heterocycles. The Morgan fingerprint density at radius 2 is 0.456 bits per heavy atom. The van der Waals surface area contributed by atoms with Gasteiger partial charge >= 0.3 is 0 Å². The minimum atomic E-state index is 1.13. The van der Waals surface area contributed by atoms with E-state index < -0.39 is 0 Å². The van der Waals surface area contributed by atoms with Crippen LogP contribution in [-0.2, 0) is 0 Å². The summed E-state index contributed by atoms with van der Waals surface area (Å²) in [6.45, 7) is 8.58. The second-order valence-corrected chi connectivity index (χ2v) is 30.2. The molecule has 0 saturated heterocycles. The molecule has 4 nitrogen and oxygen atoms in total. The van der Waals surface area contributed by atoms with Crippen molar-refractivity contribution in [2.45, 2.75) is 27.7 Å². The van der Waals surface area contributed by atoms with Crippen molar-refractivity contribution in [3.63, 3.8) is 0 Å². The highest BCUT2D eigenvalue weighted by atomic mass is 15.1. The van der Waals surface area contributed by atoms with Crippen LogP contribution in [0, 0.1) is 27.7 Å². The number of hydrogen-bond donors (Lipinski definition) is 0. The second-order valence-electron chi connectivity index (χ2n) is 30.2. The van der Waals surface area contributed by atoms with E-state index in [1.165, 1.54) is 165 Å². The fraction of sp³-hybridized carbons (Fsp3) is 0.0364. The number of benzene rings is 19. The number of anilines is 6. The van der Waals surface area contributed by atoms with E-state index in [-0.39, 0.29) is 0 Å². The molecular formula is C110H80N4. The number of rotatable bonds is 13. The molecule has 114 heavy (non-hydrogen) atoms. The summed E-state index contributed by atoms with van der Waals surface area (Å²) >= 11 is 0. The van der Waals surface area contributed by atoms with Gasteiger partial charge in [0.2, 0.25) is 0 Å². The zero-order chi connectivity index (χ0) is 76.3. The zero-order valence-corrected chi connectivity index (χ0v) is 64.0. The van der Waals surface area contributed by atoms with Crippen molar-refractivity contribution in [1.82, 2.24) is 9.13 Å². The molecule has 0 unspecified atom stereocenters. The summed E-state index contributed by atoms with van der Waals surface area (Å²) in [6.07, 6.45) is 0. The molecule has 0 fully saturated rings. The van der Waals surface area contributed by atoms with E-state index in [0.717, 1.165) is 45.5 Å². The molecule has 0 amide bonds. The lowest BCUT2D eigenvalue weighted by Crippen LogP contribution is -2.10. The van der Waals surface area contributed by atoms with Gasteiger partial charge in [0.05, 0.1) is 22.1 Å². The maximum Gasteiger partial charge on any atom is 0.0542 e. The van der Waals surface area contributed by atoms with Crippen LogP contribution >= 0.6 is 0 Å². The van der Waals surface area contributed by atoms with Crippen LogP contribution in [-0.4, -0.2) is 9.13 Å². The van der Waals surface area contributed by atoms with Crippen LogP contribution in [0.3, 0.4) is 0 Å². The summed E-state index contributed by atoms with van der Waals surface area (Å²) in [5, 5.41) is 15.0. The third-order valence-corrected chi connectivity index (χ3v) is 23.0. The van der Waals surface area contributed by atoms with Crippen molar-refractivity contribution in [2.24, 2.45) is 0 Å². The summed E-state index contributed by atoms with van der Waals surface area (Å²) in [6, 6.07) is 151. The number of hydrogen-bond acceptors (Lipinski definition) is 2. The second kappa shape index (κ2) is 29.0. The monoisotopic (exact) mass is 1460 g/mol. The molecule has 21 rings (SSSR count). The van der Waals surface area contributed by atoms with E-state index in [9.17, 15) is 0 Å². The van der Waals surface area contributed by atoms with Gasteiger partial charge in [0.15, 0.2) is 0 Å². The van der Waals surface area contributed by atoms with Crippen molar-refractivity contribution >= 4 is 121 Å². The summed E-state index contributed by atoms with van der Waals surface area (Å²) in [7, 11) is 0. The lowest BCUT2D eigenvalue weighted by molar-refractivity contribution is 1.18. The van der Waals surface area contributed by atoms with Gasteiger partial charge in [-0.1, -0.05) is 308 Å². The zero-order valence-electron chi connectivity index (χ0n) is 64.0. The molecule has 0 atom stereocenters. The molecule has 21 aromatic rings. The van der Waals surface area contributed by atoms with Gasteiger partial charge in [-0.3, -0.25) is 0 Å². The third kappa shape index (κ3) is 12.2. The standard InChI is InChI=1S/C58H42N2.C52H38N2/c1-39-27-31-43(32-28-39)59(45-18-14-15-40(2)37-45)46-35-36-56-54(38-46)48-20-12-13-26-55(48)60(56)44-33-29-42(30-34-44)57-50-22-8-10-24-52(50)58(53-25-11-9-23-51(53)57)49-21-7-6-19-47(49)41-16-4-3-5-17-41;1-35-20-24-37(25-21-35)51-44-15-6-8-17-46(44)52(47-18-9-7-16-45(47)51)38-26-30-41(31-27-38)54-49-19-11-10-14-43(49)48-34-42(32-33-50(48)54)53(39-12-4-3-5-13-39)40-28-22-36(2)23-29-40/h3-38H,1-2H3;3-34H,1-2H3. The third-order valence-electron chi connectivity index (χ3n) is 23.0. The first-order chi connectivity index (χ1) is 56.2. The molecule has 0 spiro atoms. The van der Waals surface area contributed by atoms with Gasteiger partial charge in [0.25, 0.3) is 0 Å². The minimum absolute atomic E-state index is 1.13. The molecule has 19 aromatic carbocycles. The van der Waals surface area contributed by atoms with E-state index in [1.807, 2.05) is 0 Å². The minimum Gasteiger partial charge on any atom is -0.310 e. The number of nitrogens with zero attached hydrogens (tertiary/aromatic N) is 4. The predicted octanol–water partition coefficient (Wildman–Crippen LogP) is 30.7. The van der Waals surface area contributed by atoms with E-state index in [1.54, 1.807) is 0 Å². The maximum absolute atomic E-state index is 2.42. The molecule has 0 saturated carbocycles. The van der Waals surface area contributed by atoms with Gasteiger partial charge in [-0.15, -0.1) is 0 Å². The molecular weight excluding hydrogens is 1380 g/mol. The first kappa shape index (κ1) is 68.7. The van der Waals surface area contributed by atoms with Crippen LogP contribution in [0.2, 0.25) is 0 Å². The fourth-order valence-corrected chi connectivity index (χ4v) is 17.7. The highest BCUT2D eigenvalue weighted by molar-refractivity contribution is 6.24. The van der Waals surface area contributed by atoms with E-state index in [4.69, 9.17) is 0 Å². The average Bonchev–Trinajstić information content (AvgIpc) is 1.27. The summed E-state index contributed by atoms with van der Waals surface area (Å²) in [5.74, 6) is 0. The van der Waals surface area contributed by atoms with E-state index >= 15 is 0 Å². The largest absolute Gasteiger partial charge is 0.310 e. The molecule has 0 aliphatic heterocycles. The molecule has 540 valence electrons. The maximum atomic E-state index is 2.42. The van der Waals surface area contributed by atoms with Crippen LogP contribution in [0.1, 0.15) is 22.3 Å². The predicted molar refractivity (Wildman–Crippen MR) is 487 cm³/mol. The Labute approximate surface area is 664 Å². The number of aryl methyl sites for hydroxylation is 4. The van der Waals surface area contributed by atoms with Crippen LogP contribution in [0.5, 0.6) is 0 Å². The molecule has 0 N–H and O–H groups in total. The number of fused-ring (bicyclic) bond motifs is 10. The molecule has 4 heteroatoms. The first-order valence-corrected chi connectivity index (χ1v) is 39.5. The van der Waals surface area contributed by atoms with Gasteiger partial charge in [-0.05, 0) is 253 Å². The lowest BCUT2D eigenvalue weighted by Gasteiger charge is -2.26. The highest BCUT2D eigenvalue weighted by Crippen LogP contribution is 2.50. The summed E-state index contributed by atoms with van der Waals surface area (Å²) in [4.78, 5) is 4.71. The molecule has 0 aliphatic carbocycles. The van der Waals surface area contributed by atoms with Gasteiger partial charge in [-0.25, -0.2) is 0 Å². The summed E-state index contributed by atoms with van der Waals surface area (Å²) < 4.78 is 4.83. The molecule has 2 heterocycles. The smallest absolute Gasteiger partial charge is 0.0542 e. The Balaban J connectivity index is 0.000000149. The number of aromatic nitrogens is 2. The van der Waals surface area contributed by atoms with Gasteiger partial charge in [-0.2, -0.15) is 0 Å². The fourth-order valence-electron chi connectivity index (χ4n) is 17.7. The Bertz CT molecular complexity index is 7100. The van der Waals surface area contributed by atoms with Crippen LogP contribution in [0.4, 0.5) is 34.1 Å². The Morgan fingerprint density at radius 3 is 0.868 bits per heavy atom. The Morgan fingerprint density at radius 1 is 0.167 bits per heavy atom. The van der Waals surface area contributed by atoms with Crippen molar-refractivity contribution in [1.29, 1.82) is 0 Å². The summed E-state index contributed by atoms with van der Waals surface area (Å²) in [5.41, 5.74) is 31.3. The average molecular weight is 1460 g/mol. The first-order valence-electron chi connectivity index (χ1n) is 39.5. The SMILES string of the molecule is Cc1ccc(-c2c3ccccc3c(-c3ccc(-n4c5ccccc5c5cc(N(c6ccccc6)c6ccc(C)cc6)ccc54)cc3)c3ccccc23)cc1.Cc1ccc(N(c2cccc(C)c2)c2ccc3c(c2)c2ccccc2n3-c2ccc(-c3c4ccccc4c(-c4ccccc4-c4ccccc4)c4ccccc34)cc2)cc1. The van der Waals surface area contributed by atoms with Gasteiger partial charge in [0, 0.05) is 67.0 Å².